The van der Waals surface area contributed by atoms with Crippen LogP contribution in [-0.2, 0) is 11.0 Å². The van der Waals surface area contributed by atoms with Gasteiger partial charge in [-0.2, -0.15) is 13.2 Å². The van der Waals surface area contributed by atoms with Crippen molar-refractivity contribution in [3.05, 3.63) is 29.8 Å². The molecule has 6 heteroatoms. The average molecular weight is 232 g/mol. The predicted octanol–water partition coefficient (Wildman–Crippen LogP) is 2.56. The number of rotatable bonds is 3. The topological polar surface area (TPSA) is 41.1 Å². The third-order valence-electron chi connectivity index (χ3n) is 1.86. The highest BCUT2D eigenvalue weighted by atomic mass is 19.4. The van der Waals surface area contributed by atoms with Gasteiger partial charge in [-0.25, -0.2) is 0 Å². The van der Waals surface area contributed by atoms with E-state index >= 15 is 0 Å². The Bertz CT molecular complexity index is 377. The molecule has 0 aliphatic carbocycles. The number of benzene rings is 1. The number of halogens is 3. The number of amides is 1. The predicted molar refractivity (Wildman–Crippen MR) is 53.5 cm³/mol. The molecule has 1 rings (SSSR count). The molecule has 1 aromatic carbocycles. The molecule has 0 saturated carbocycles. The van der Waals surface area contributed by atoms with Crippen molar-refractivity contribution in [3.8, 4) is 0 Å². The standard InChI is InChI=1S/C10H11F3N2O/c1-2-9(16)15-14-8-5-3-4-7(6-8)10(11,12)13/h3-6,14H,2H2,1H3,(H,15,16). The summed E-state index contributed by atoms with van der Waals surface area (Å²) in [5.74, 6) is -0.294. The van der Waals surface area contributed by atoms with Crippen molar-refractivity contribution >= 4 is 11.6 Å². The molecule has 1 aromatic rings. The Morgan fingerprint density at radius 1 is 1.38 bits per heavy atom. The maximum atomic E-state index is 12.3. The van der Waals surface area contributed by atoms with Crippen LogP contribution in [0.3, 0.4) is 0 Å². The minimum atomic E-state index is -4.38. The van der Waals surface area contributed by atoms with Crippen LogP contribution in [0, 0.1) is 0 Å². The van der Waals surface area contributed by atoms with Gasteiger partial charge in [-0.1, -0.05) is 13.0 Å². The summed E-state index contributed by atoms with van der Waals surface area (Å²) >= 11 is 0. The normalized spacial score (nSPS) is 11.0. The van der Waals surface area contributed by atoms with E-state index in [0.29, 0.717) is 0 Å². The highest BCUT2D eigenvalue weighted by Gasteiger charge is 2.30. The second-order valence-corrected chi connectivity index (χ2v) is 3.11. The van der Waals surface area contributed by atoms with E-state index in [1.54, 1.807) is 6.92 Å². The van der Waals surface area contributed by atoms with Crippen LogP contribution in [-0.4, -0.2) is 5.91 Å². The van der Waals surface area contributed by atoms with Crippen molar-refractivity contribution in [2.75, 3.05) is 5.43 Å². The largest absolute Gasteiger partial charge is 0.416 e. The third kappa shape index (κ3) is 3.45. The van der Waals surface area contributed by atoms with Crippen molar-refractivity contribution in [2.45, 2.75) is 19.5 Å². The first-order chi connectivity index (χ1) is 7.43. The molecule has 0 atom stereocenters. The number of hydrogen-bond donors (Lipinski definition) is 2. The van der Waals surface area contributed by atoms with Crippen LogP contribution in [0.1, 0.15) is 18.9 Å². The van der Waals surface area contributed by atoms with Gasteiger partial charge in [0.2, 0.25) is 5.91 Å². The molecule has 0 bridgehead atoms. The highest BCUT2D eigenvalue weighted by molar-refractivity contribution is 5.77. The van der Waals surface area contributed by atoms with Gasteiger partial charge in [0.15, 0.2) is 0 Å². The fourth-order valence-electron chi connectivity index (χ4n) is 1.00. The molecule has 0 saturated heterocycles. The molecule has 16 heavy (non-hydrogen) atoms. The van der Waals surface area contributed by atoms with Crippen molar-refractivity contribution in [1.29, 1.82) is 0 Å². The van der Waals surface area contributed by atoms with Gasteiger partial charge in [-0.15, -0.1) is 0 Å². The van der Waals surface area contributed by atoms with E-state index in [1.807, 2.05) is 0 Å². The summed E-state index contributed by atoms with van der Waals surface area (Å²) in [5, 5.41) is 0. The fourth-order valence-corrected chi connectivity index (χ4v) is 1.00. The first-order valence-corrected chi connectivity index (χ1v) is 4.65. The number of alkyl halides is 3. The summed E-state index contributed by atoms with van der Waals surface area (Å²) in [6, 6.07) is 4.59. The van der Waals surface area contributed by atoms with E-state index in [4.69, 9.17) is 0 Å². The van der Waals surface area contributed by atoms with Gasteiger partial charge < -0.3 is 0 Å². The SMILES string of the molecule is CCC(=O)NNc1cccc(C(F)(F)F)c1. The molecule has 2 N–H and O–H groups in total. The Hall–Kier alpha value is -1.72. The summed E-state index contributed by atoms with van der Waals surface area (Å²) in [5.41, 5.74) is 4.11. The van der Waals surface area contributed by atoms with Crippen molar-refractivity contribution in [3.63, 3.8) is 0 Å². The van der Waals surface area contributed by atoms with Gasteiger partial charge in [0.25, 0.3) is 0 Å². The molecule has 0 aliphatic rings. The van der Waals surface area contributed by atoms with Crippen LogP contribution in [0.2, 0.25) is 0 Å². The Kier molecular flexibility index (Phi) is 3.76. The number of carbonyl (C=O) groups is 1. The Balaban J connectivity index is 2.72. The van der Waals surface area contributed by atoms with E-state index in [2.05, 4.69) is 10.9 Å². The summed E-state index contributed by atoms with van der Waals surface area (Å²) in [6.07, 6.45) is -4.13. The van der Waals surface area contributed by atoms with Crippen LogP contribution in [0.4, 0.5) is 18.9 Å². The third-order valence-corrected chi connectivity index (χ3v) is 1.86. The van der Waals surface area contributed by atoms with Gasteiger partial charge in [-0.05, 0) is 18.2 Å². The second-order valence-electron chi connectivity index (χ2n) is 3.11. The molecular weight excluding hydrogens is 221 g/mol. The minimum absolute atomic E-state index is 0.191. The minimum Gasteiger partial charge on any atom is -0.299 e. The maximum absolute atomic E-state index is 12.3. The zero-order valence-electron chi connectivity index (χ0n) is 8.56. The van der Waals surface area contributed by atoms with Gasteiger partial charge in [-0.3, -0.25) is 15.6 Å². The molecule has 0 spiro atoms. The lowest BCUT2D eigenvalue weighted by molar-refractivity contribution is -0.137. The molecule has 0 aliphatic heterocycles. The number of hydrogen-bond acceptors (Lipinski definition) is 2. The van der Waals surface area contributed by atoms with Crippen LogP contribution >= 0.6 is 0 Å². The zero-order valence-corrected chi connectivity index (χ0v) is 8.56. The van der Waals surface area contributed by atoms with Crippen LogP contribution in [0.15, 0.2) is 24.3 Å². The molecule has 0 fully saturated rings. The lowest BCUT2D eigenvalue weighted by atomic mass is 10.2. The highest BCUT2D eigenvalue weighted by Crippen LogP contribution is 2.30. The van der Waals surface area contributed by atoms with Gasteiger partial charge >= 0.3 is 6.18 Å². The molecule has 0 unspecified atom stereocenters. The summed E-state index contributed by atoms with van der Waals surface area (Å²) in [4.78, 5) is 10.9. The maximum Gasteiger partial charge on any atom is 0.416 e. The molecule has 0 radical (unpaired) electrons. The van der Waals surface area contributed by atoms with E-state index < -0.39 is 11.7 Å². The number of anilines is 1. The Morgan fingerprint density at radius 2 is 2.06 bits per heavy atom. The van der Waals surface area contributed by atoms with Crippen molar-refractivity contribution < 1.29 is 18.0 Å². The molecule has 0 aromatic heterocycles. The first kappa shape index (κ1) is 12.4. The summed E-state index contributed by atoms with van der Waals surface area (Å²) < 4.78 is 37.0. The quantitative estimate of drug-likeness (QED) is 0.786. The number of carbonyl (C=O) groups excluding carboxylic acids is 1. The molecule has 1 amide bonds. The van der Waals surface area contributed by atoms with E-state index in [0.717, 1.165) is 12.1 Å². The molecule has 88 valence electrons. The van der Waals surface area contributed by atoms with Crippen molar-refractivity contribution in [2.24, 2.45) is 0 Å². The number of nitrogens with one attached hydrogen (secondary N) is 2. The second kappa shape index (κ2) is 4.87. The van der Waals surface area contributed by atoms with E-state index in [9.17, 15) is 18.0 Å². The smallest absolute Gasteiger partial charge is 0.299 e. The molecule has 3 nitrogen and oxygen atoms in total. The monoisotopic (exact) mass is 232 g/mol. The lowest BCUT2D eigenvalue weighted by Crippen LogP contribution is -2.28. The van der Waals surface area contributed by atoms with Crippen LogP contribution < -0.4 is 10.9 Å². The first-order valence-electron chi connectivity index (χ1n) is 4.65. The van der Waals surface area contributed by atoms with E-state index in [1.165, 1.54) is 12.1 Å². The molecular formula is C10H11F3N2O. The van der Waals surface area contributed by atoms with E-state index in [-0.39, 0.29) is 18.0 Å². The molecule has 0 heterocycles. The van der Waals surface area contributed by atoms with Crippen LogP contribution in [0.25, 0.3) is 0 Å². The van der Waals surface area contributed by atoms with Crippen LogP contribution in [0.5, 0.6) is 0 Å². The Morgan fingerprint density at radius 3 is 2.62 bits per heavy atom. The lowest BCUT2D eigenvalue weighted by Gasteiger charge is -2.10. The fraction of sp³-hybridized carbons (Fsp3) is 0.300. The number of hydrazine groups is 1. The zero-order chi connectivity index (χ0) is 12.2. The average Bonchev–Trinajstić information content (AvgIpc) is 2.25. The van der Waals surface area contributed by atoms with Gasteiger partial charge in [0, 0.05) is 6.42 Å². The Labute approximate surface area is 90.6 Å². The summed E-state index contributed by atoms with van der Waals surface area (Å²) in [6.45, 7) is 1.64. The van der Waals surface area contributed by atoms with Gasteiger partial charge in [0.05, 0.1) is 11.3 Å². The summed E-state index contributed by atoms with van der Waals surface area (Å²) in [7, 11) is 0. The van der Waals surface area contributed by atoms with Crippen molar-refractivity contribution in [1.82, 2.24) is 5.43 Å². The van der Waals surface area contributed by atoms with Gasteiger partial charge in [0.1, 0.15) is 0 Å².